The van der Waals surface area contributed by atoms with Crippen LogP contribution in [0.1, 0.15) is 27.2 Å². The molecule has 0 amide bonds. The number of carbonyl (C=O) groups excluding carboxylic acids is 1. The van der Waals surface area contributed by atoms with Crippen molar-refractivity contribution in [1.29, 1.82) is 0 Å². The third-order valence-corrected chi connectivity index (χ3v) is 1.95. The van der Waals surface area contributed by atoms with Crippen LogP contribution in [0.2, 0.25) is 0 Å². The maximum Gasteiger partial charge on any atom is 0.508 e. The van der Waals surface area contributed by atoms with Crippen molar-refractivity contribution in [3.8, 4) is 0 Å². The van der Waals surface area contributed by atoms with Gasteiger partial charge in [-0.05, 0) is 11.8 Å². The summed E-state index contributed by atoms with van der Waals surface area (Å²) in [6, 6.07) is 0. The molecule has 4 heteroatoms. The molecule has 0 N–H and O–H groups in total. The molecule has 1 heterocycles. The van der Waals surface area contributed by atoms with Crippen LogP contribution in [-0.2, 0) is 14.2 Å². The van der Waals surface area contributed by atoms with Crippen LogP contribution in [0.4, 0.5) is 4.79 Å². The maximum absolute atomic E-state index is 10.5. The molecule has 1 fully saturated rings. The summed E-state index contributed by atoms with van der Waals surface area (Å²) in [5.41, 5.74) is 0.281. The van der Waals surface area contributed by atoms with Crippen molar-refractivity contribution in [2.75, 3.05) is 19.8 Å². The van der Waals surface area contributed by atoms with Crippen molar-refractivity contribution < 1.29 is 19.0 Å². The Morgan fingerprint density at radius 3 is 2.71 bits per heavy atom. The summed E-state index contributed by atoms with van der Waals surface area (Å²) < 4.78 is 14.8. The van der Waals surface area contributed by atoms with Crippen LogP contribution in [0, 0.1) is 5.41 Å². The fourth-order valence-electron chi connectivity index (χ4n) is 1.04. The fraction of sp³-hybridized carbons (Fsp3) is 0.900. The Kier molecular flexibility index (Phi) is 3.75. The quantitative estimate of drug-likeness (QED) is 0.516. The van der Waals surface area contributed by atoms with Gasteiger partial charge in [-0.1, -0.05) is 20.8 Å². The van der Waals surface area contributed by atoms with E-state index in [9.17, 15) is 4.79 Å². The van der Waals surface area contributed by atoms with Crippen LogP contribution in [-0.4, -0.2) is 32.1 Å². The number of hydrogen-bond donors (Lipinski definition) is 0. The molecule has 0 aromatic carbocycles. The van der Waals surface area contributed by atoms with Gasteiger partial charge in [-0.25, -0.2) is 4.79 Å². The maximum atomic E-state index is 10.5. The summed E-state index contributed by atoms with van der Waals surface area (Å²) in [6.07, 6.45) is 0.186. The highest BCUT2D eigenvalue weighted by molar-refractivity contribution is 5.61. The average molecular weight is 202 g/mol. The predicted molar refractivity (Wildman–Crippen MR) is 51.1 cm³/mol. The van der Waals surface area contributed by atoms with Gasteiger partial charge in [0.1, 0.15) is 6.61 Å². The number of hydrogen-bond acceptors (Lipinski definition) is 4. The monoisotopic (exact) mass is 202 g/mol. The van der Waals surface area contributed by atoms with Gasteiger partial charge in [0, 0.05) is 6.61 Å². The van der Waals surface area contributed by atoms with E-state index in [1.807, 2.05) is 0 Å². The third-order valence-electron chi connectivity index (χ3n) is 1.95. The van der Waals surface area contributed by atoms with Crippen LogP contribution in [0.5, 0.6) is 0 Å². The van der Waals surface area contributed by atoms with Crippen molar-refractivity contribution in [2.45, 2.75) is 33.3 Å². The first-order valence-corrected chi connectivity index (χ1v) is 4.88. The van der Waals surface area contributed by atoms with Crippen LogP contribution >= 0.6 is 0 Å². The molecule has 1 aliphatic rings. The molecule has 1 atom stereocenters. The summed E-state index contributed by atoms with van der Waals surface area (Å²) in [7, 11) is 0. The van der Waals surface area contributed by atoms with Gasteiger partial charge in [0.15, 0.2) is 6.10 Å². The summed E-state index contributed by atoms with van der Waals surface area (Å²) in [6.45, 7) is 7.92. The van der Waals surface area contributed by atoms with Crippen LogP contribution < -0.4 is 0 Å². The Bertz CT molecular complexity index is 195. The predicted octanol–water partition coefficient (Wildman–Crippen LogP) is 1.97. The van der Waals surface area contributed by atoms with E-state index in [2.05, 4.69) is 25.5 Å². The van der Waals surface area contributed by atoms with E-state index < -0.39 is 6.16 Å². The molecule has 1 rings (SSSR count). The van der Waals surface area contributed by atoms with Gasteiger partial charge >= 0.3 is 6.16 Å². The highest BCUT2D eigenvalue weighted by atomic mass is 16.8. The average Bonchev–Trinajstić information content (AvgIpc) is 2.44. The summed E-state index contributed by atoms with van der Waals surface area (Å²) in [5.74, 6) is 0. The molecule has 0 radical (unpaired) electrons. The van der Waals surface area contributed by atoms with Gasteiger partial charge in [-0.3, -0.25) is 0 Å². The first kappa shape index (κ1) is 11.3. The summed E-state index contributed by atoms with van der Waals surface area (Å²) in [4.78, 5) is 10.5. The highest BCUT2D eigenvalue weighted by Crippen LogP contribution is 2.18. The largest absolute Gasteiger partial charge is 0.508 e. The van der Waals surface area contributed by atoms with Crippen molar-refractivity contribution in [3.05, 3.63) is 0 Å². The normalized spacial score (nSPS) is 21.9. The first-order valence-electron chi connectivity index (χ1n) is 4.88. The third kappa shape index (κ3) is 4.46. The van der Waals surface area contributed by atoms with Crippen molar-refractivity contribution in [1.82, 2.24) is 0 Å². The minimum atomic E-state index is -0.588. The lowest BCUT2D eigenvalue weighted by atomic mass is 9.93. The highest BCUT2D eigenvalue weighted by Gasteiger charge is 2.24. The van der Waals surface area contributed by atoms with Crippen LogP contribution in [0.3, 0.4) is 0 Å². The smallest absolute Gasteiger partial charge is 0.430 e. The number of rotatable bonds is 4. The topological polar surface area (TPSA) is 44.8 Å². The zero-order chi connectivity index (χ0) is 10.6. The number of cyclic esters (lactones) is 2. The van der Waals surface area contributed by atoms with Crippen LogP contribution in [0.25, 0.3) is 0 Å². The van der Waals surface area contributed by atoms with Crippen molar-refractivity contribution >= 4 is 6.16 Å². The van der Waals surface area contributed by atoms with Gasteiger partial charge in [0.2, 0.25) is 0 Å². The number of ether oxygens (including phenoxy) is 3. The van der Waals surface area contributed by atoms with Crippen molar-refractivity contribution in [3.63, 3.8) is 0 Å². The second-order valence-electron chi connectivity index (χ2n) is 4.69. The first-order chi connectivity index (χ1) is 6.47. The molecule has 0 bridgehead atoms. The summed E-state index contributed by atoms with van der Waals surface area (Å²) >= 11 is 0. The molecule has 1 aliphatic heterocycles. The number of carbonyl (C=O) groups is 1. The second-order valence-corrected chi connectivity index (χ2v) is 4.69. The van der Waals surface area contributed by atoms with E-state index in [1.54, 1.807) is 0 Å². The van der Waals surface area contributed by atoms with E-state index in [-0.39, 0.29) is 11.5 Å². The minimum Gasteiger partial charge on any atom is -0.430 e. The van der Waals surface area contributed by atoms with E-state index in [0.29, 0.717) is 19.8 Å². The molecule has 1 saturated heterocycles. The molecular formula is C10H18O4. The second kappa shape index (κ2) is 4.64. The Morgan fingerprint density at radius 1 is 1.50 bits per heavy atom. The molecule has 0 saturated carbocycles. The zero-order valence-corrected chi connectivity index (χ0v) is 9.04. The lowest BCUT2D eigenvalue weighted by molar-refractivity contribution is 0.0361. The fourth-order valence-corrected chi connectivity index (χ4v) is 1.04. The van der Waals surface area contributed by atoms with Crippen LogP contribution in [0.15, 0.2) is 0 Å². The Hall–Kier alpha value is -0.770. The standard InChI is InChI=1S/C10H18O4/c1-10(2,3)4-5-12-6-8-7-13-9(11)14-8/h8H,4-7H2,1-3H3. The SMILES string of the molecule is CC(C)(C)CCOCC1COC(=O)O1. The van der Waals surface area contributed by atoms with Gasteiger partial charge in [-0.15, -0.1) is 0 Å². The molecule has 14 heavy (non-hydrogen) atoms. The zero-order valence-electron chi connectivity index (χ0n) is 9.04. The summed E-state index contributed by atoms with van der Waals surface area (Å²) in [5, 5.41) is 0. The van der Waals surface area contributed by atoms with Gasteiger partial charge in [0.05, 0.1) is 6.61 Å². The minimum absolute atomic E-state index is 0.220. The molecular weight excluding hydrogens is 184 g/mol. The Balaban J connectivity index is 2.02. The van der Waals surface area contributed by atoms with E-state index in [1.165, 1.54) is 0 Å². The Morgan fingerprint density at radius 2 is 2.21 bits per heavy atom. The Labute approximate surface area is 84.5 Å². The lowest BCUT2D eigenvalue weighted by Crippen LogP contribution is -2.19. The molecule has 0 aromatic heterocycles. The molecule has 0 aliphatic carbocycles. The molecule has 4 nitrogen and oxygen atoms in total. The molecule has 0 aromatic rings. The van der Waals surface area contributed by atoms with Crippen molar-refractivity contribution in [2.24, 2.45) is 5.41 Å². The van der Waals surface area contributed by atoms with E-state index in [4.69, 9.17) is 9.47 Å². The van der Waals surface area contributed by atoms with Gasteiger partial charge in [0.25, 0.3) is 0 Å². The molecule has 82 valence electrons. The molecule has 1 unspecified atom stereocenters. The van der Waals surface area contributed by atoms with Gasteiger partial charge in [-0.2, -0.15) is 0 Å². The van der Waals surface area contributed by atoms with E-state index in [0.717, 1.165) is 6.42 Å². The van der Waals surface area contributed by atoms with E-state index >= 15 is 0 Å². The lowest BCUT2D eigenvalue weighted by Gasteiger charge is -2.18. The van der Waals surface area contributed by atoms with Gasteiger partial charge < -0.3 is 14.2 Å². The molecule has 0 spiro atoms.